The molecule has 0 saturated heterocycles. The average molecular weight is 396 g/mol. The van der Waals surface area contributed by atoms with Crippen molar-refractivity contribution < 1.29 is 33.0 Å². The fourth-order valence-corrected chi connectivity index (χ4v) is 2.43. The number of carboxylic acid groups (broad SMARTS) is 2. The Morgan fingerprint density at radius 3 is 2.19 bits per heavy atom. The molecule has 0 aliphatic heterocycles. The summed E-state index contributed by atoms with van der Waals surface area (Å²) in [6.45, 7) is 0.581. The van der Waals surface area contributed by atoms with Crippen LogP contribution < -0.4 is 4.74 Å². The lowest BCUT2D eigenvalue weighted by Gasteiger charge is -2.06. The van der Waals surface area contributed by atoms with E-state index in [0.717, 1.165) is 18.5 Å². The van der Waals surface area contributed by atoms with E-state index < -0.39 is 21.8 Å². The lowest BCUT2D eigenvalue weighted by atomic mass is 10.2. The maximum atomic E-state index is 11.3. The van der Waals surface area contributed by atoms with Crippen LogP contribution in [0, 0.1) is 0 Å². The number of carboxylic acids is 2. The number of ether oxygens (including phenoxy) is 1. The molecule has 9 nitrogen and oxygen atoms in total. The number of hydrogen-bond donors (Lipinski definition) is 3. The third-order valence-electron chi connectivity index (χ3n) is 3.03. The van der Waals surface area contributed by atoms with Crippen molar-refractivity contribution in [1.82, 2.24) is 9.97 Å². The van der Waals surface area contributed by atoms with Crippen molar-refractivity contribution in [3.8, 4) is 5.75 Å². The van der Waals surface area contributed by atoms with Crippen LogP contribution in [0.3, 0.4) is 0 Å². The Hall–Kier alpha value is -3.14. The third kappa shape index (κ3) is 9.80. The Kier molecular flexibility index (Phi) is 8.73. The van der Waals surface area contributed by atoms with Gasteiger partial charge in [0.05, 0.1) is 17.8 Å². The minimum absolute atomic E-state index is 0.303. The van der Waals surface area contributed by atoms with E-state index in [0.29, 0.717) is 29.4 Å². The first-order chi connectivity index (χ1) is 12.7. The van der Waals surface area contributed by atoms with Crippen LogP contribution in [0.4, 0.5) is 0 Å². The highest BCUT2D eigenvalue weighted by Crippen LogP contribution is 2.16. The summed E-state index contributed by atoms with van der Waals surface area (Å²) in [6.07, 6.45) is 7.50. The second kappa shape index (κ2) is 10.8. The molecule has 0 unspecified atom stereocenters. The van der Waals surface area contributed by atoms with Crippen molar-refractivity contribution in [3.05, 3.63) is 54.6 Å². The first-order valence-corrected chi connectivity index (χ1v) is 9.61. The van der Waals surface area contributed by atoms with Gasteiger partial charge in [0.15, 0.2) is 9.84 Å². The number of nitrogens with one attached hydrogen (secondary N) is 1. The van der Waals surface area contributed by atoms with Gasteiger partial charge in [-0.2, -0.15) is 0 Å². The van der Waals surface area contributed by atoms with Crippen LogP contribution in [-0.4, -0.2) is 53.4 Å². The second-order valence-electron chi connectivity index (χ2n) is 5.28. The molecule has 0 aliphatic carbocycles. The lowest BCUT2D eigenvalue weighted by Crippen LogP contribution is -2.00. The molecular formula is C17H20N2O7S. The highest BCUT2D eigenvalue weighted by atomic mass is 32.2. The van der Waals surface area contributed by atoms with Gasteiger partial charge in [-0.05, 0) is 37.1 Å². The molecule has 27 heavy (non-hydrogen) atoms. The number of sulfone groups is 1. The summed E-state index contributed by atoms with van der Waals surface area (Å²) in [5.74, 6) is -1.84. The molecule has 0 saturated carbocycles. The smallest absolute Gasteiger partial charge is 0.328 e. The zero-order valence-electron chi connectivity index (χ0n) is 14.5. The van der Waals surface area contributed by atoms with Crippen molar-refractivity contribution in [2.24, 2.45) is 0 Å². The number of aryl methyl sites for hydroxylation is 1. The van der Waals surface area contributed by atoms with Crippen LogP contribution in [0.2, 0.25) is 0 Å². The van der Waals surface area contributed by atoms with E-state index >= 15 is 0 Å². The molecule has 0 atom stereocenters. The number of imidazole rings is 1. The summed E-state index contributed by atoms with van der Waals surface area (Å²) in [4.78, 5) is 26.4. The van der Waals surface area contributed by atoms with Crippen molar-refractivity contribution in [2.75, 3.05) is 12.9 Å². The quantitative estimate of drug-likeness (QED) is 0.450. The van der Waals surface area contributed by atoms with E-state index in [-0.39, 0.29) is 0 Å². The largest absolute Gasteiger partial charge is 0.494 e. The fraction of sp³-hybridized carbons (Fsp3) is 0.235. The predicted molar refractivity (Wildman–Crippen MR) is 96.4 cm³/mol. The van der Waals surface area contributed by atoms with Gasteiger partial charge in [0.2, 0.25) is 0 Å². The van der Waals surface area contributed by atoms with E-state index in [4.69, 9.17) is 14.9 Å². The highest BCUT2D eigenvalue weighted by molar-refractivity contribution is 7.90. The molecule has 0 spiro atoms. The molecule has 0 aliphatic rings. The number of rotatable bonds is 8. The standard InChI is InChI=1S/C13H16N2O3S.C4H4O4/c1-19(16,17)13-6-4-12(5-7-13)18-8-2-3-11-9-14-10-15-11;5-3(6)1-2-4(7)8/h4-7,9-10H,2-3,8H2,1H3,(H,14,15);1-2H,(H,5,6)(H,7,8)/b;2-1-. The number of benzene rings is 1. The molecule has 0 fully saturated rings. The summed E-state index contributed by atoms with van der Waals surface area (Å²) in [5, 5.41) is 15.6. The summed E-state index contributed by atoms with van der Waals surface area (Å²) in [6, 6.07) is 6.46. The minimum Gasteiger partial charge on any atom is -0.494 e. The summed E-state index contributed by atoms with van der Waals surface area (Å²) in [7, 11) is -3.14. The van der Waals surface area contributed by atoms with Crippen molar-refractivity contribution in [3.63, 3.8) is 0 Å². The van der Waals surface area contributed by atoms with Crippen molar-refractivity contribution >= 4 is 21.8 Å². The Bertz CT molecular complexity index is 841. The van der Waals surface area contributed by atoms with Gasteiger partial charge in [0.25, 0.3) is 0 Å². The molecule has 0 amide bonds. The molecule has 1 aromatic carbocycles. The van der Waals surface area contributed by atoms with Gasteiger partial charge in [-0.3, -0.25) is 0 Å². The second-order valence-corrected chi connectivity index (χ2v) is 7.30. The number of aromatic amines is 1. The minimum atomic E-state index is -3.14. The molecule has 1 heterocycles. The number of H-pyrrole nitrogens is 1. The Balaban J connectivity index is 0.000000387. The molecule has 10 heteroatoms. The molecule has 3 N–H and O–H groups in total. The zero-order chi connectivity index (χ0) is 20.3. The monoisotopic (exact) mass is 396 g/mol. The van der Waals surface area contributed by atoms with Gasteiger partial charge in [-0.15, -0.1) is 0 Å². The SMILES string of the molecule is CS(=O)(=O)c1ccc(OCCCc2cnc[nH]2)cc1.O=C(O)/C=C\C(=O)O. The topological polar surface area (TPSA) is 147 Å². The zero-order valence-corrected chi connectivity index (χ0v) is 15.3. The predicted octanol–water partition coefficient (Wildman–Crippen LogP) is 1.54. The van der Waals surface area contributed by atoms with Crippen LogP contribution in [0.1, 0.15) is 12.1 Å². The normalized spacial score (nSPS) is 10.9. The number of carbonyl (C=O) groups is 2. The van der Waals surface area contributed by atoms with E-state index in [9.17, 15) is 18.0 Å². The van der Waals surface area contributed by atoms with Gasteiger partial charge >= 0.3 is 11.9 Å². The Morgan fingerprint density at radius 1 is 1.15 bits per heavy atom. The maximum absolute atomic E-state index is 11.3. The molecule has 1 aromatic heterocycles. The van der Waals surface area contributed by atoms with Crippen LogP contribution in [0.25, 0.3) is 0 Å². The number of aromatic nitrogens is 2. The lowest BCUT2D eigenvalue weighted by molar-refractivity contribution is -0.134. The van der Waals surface area contributed by atoms with E-state index in [1.807, 2.05) is 0 Å². The van der Waals surface area contributed by atoms with Gasteiger partial charge < -0.3 is 19.9 Å². The van der Waals surface area contributed by atoms with Gasteiger partial charge in [-0.1, -0.05) is 0 Å². The highest BCUT2D eigenvalue weighted by Gasteiger charge is 2.06. The van der Waals surface area contributed by atoms with Gasteiger partial charge in [-0.25, -0.2) is 23.0 Å². The van der Waals surface area contributed by atoms with Crippen LogP contribution >= 0.6 is 0 Å². The van der Waals surface area contributed by atoms with Gasteiger partial charge in [0.1, 0.15) is 5.75 Å². The Labute approximate surface area is 156 Å². The summed E-state index contributed by atoms with van der Waals surface area (Å²) >= 11 is 0. The number of nitrogens with zero attached hydrogens (tertiary/aromatic N) is 1. The average Bonchev–Trinajstić information content (AvgIpc) is 3.10. The molecule has 146 valence electrons. The number of hydrogen-bond acceptors (Lipinski definition) is 6. The molecule has 2 aromatic rings. The van der Waals surface area contributed by atoms with Crippen molar-refractivity contribution in [1.29, 1.82) is 0 Å². The van der Waals surface area contributed by atoms with E-state index in [2.05, 4.69) is 9.97 Å². The van der Waals surface area contributed by atoms with E-state index in [1.54, 1.807) is 36.8 Å². The molecule has 2 rings (SSSR count). The van der Waals surface area contributed by atoms with Crippen LogP contribution in [0.5, 0.6) is 5.75 Å². The van der Waals surface area contributed by atoms with Gasteiger partial charge in [0, 0.05) is 30.3 Å². The maximum Gasteiger partial charge on any atom is 0.328 e. The molecule has 0 bridgehead atoms. The first kappa shape index (κ1) is 21.9. The fourth-order valence-electron chi connectivity index (χ4n) is 1.80. The first-order valence-electron chi connectivity index (χ1n) is 7.72. The third-order valence-corrected chi connectivity index (χ3v) is 4.16. The summed E-state index contributed by atoms with van der Waals surface area (Å²) < 4.78 is 28.1. The molecular weight excluding hydrogens is 376 g/mol. The van der Waals surface area contributed by atoms with Crippen LogP contribution in [0.15, 0.2) is 53.8 Å². The van der Waals surface area contributed by atoms with E-state index in [1.165, 1.54) is 6.26 Å². The van der Waals surface area contributed by atoms with Crippen LogP contribution in [-0.2, 0) is 25.8 Å². The molecule has 0 radical (unpaired) electrons. The summed E-state index contributed by atoms with van der Waals surface area (Å²) in [5.41, 5.74) is 1.08. The Morgan fingerprint density at radius 2 is 1.74 bits per heavy atom. The number of aliphatic carboxylic acids is 2. The van der Waals surface area contributed by atoms with Crippen molar-refractivity contribution in [2.45, 2.75) is 17.7 Å².